The van der Waals surface area contributed by atoms with Crippen molar-refractivity contribution in [2.24, 2.45) is 5.84 Å². The number of aliphatic hydroxyl groups excluding tert-OH is 1. The van der Waals surface area contributed by atoms with Crippen LogP contribution in [-0.4, -0.2) is 28.2 Å². The van der Waals surface area contributed by atoms with E-state index >= 15 is 0 Å². The van der Waals surface area contributed by atoms with E-state index in [9.17, 15) is 0 Å². The SMILES string of the molecule is NNc1nc(NCCCCO)c2ccccc2n1. The Balaban J connectivity index is 2.23. The maximum absolute atomic E-state index is 8.74. The number of hydrazine groups is 1. The summed E-state index contributed by atoms with van der Waals surface area (Å²) in [5.41, 5.74) is 3.30. The van der Waals surface area contributed by atoms with Crippen molar-refractivity contribution in [1.29, 1.82) is 0 Å². The second kappa shape index (κ2) is 6.13. The van der Waals surface area contributed by atoms with Gasteiger partial charge in [-0.1, -0.05) is 12.1 Å². The summed E-state index contributed by atoms with van der Waals surface area (Å²) in [5, 5.41) is 12.9. The zero-order valence-electron chi connectivity index (χ0n) is 10.1. The van der Waals surface area contributed by atoms with Gasteiger partial charge in [-0.2, -0.15) is 4.98 Å². The Bertz CT molecular complexity index is 517. The van der Waals surface area contributed by atoms with Gasteiger partial charge in [0.2, 0.25) is 5.95 Å². The standard InChI is InChI=1S/C12H17N5O/c13-17-12-15-10-6-2-1-5-9(10)11(16-12)14-7-3-4-8-18/h1-2,5-6,18H,3-4,7-8,13H2,(H2,14,15,16,17). The maximum atomic E-state index is 8.74. The molecule has 96 valence electrons. The summed E-state index contributed by atoms with van der Waals surface area (Å²) in [6.45, 7) is 0.966. The molecule has 2 aromatic rings. The summed E-state index contributed by atoms with van der Waals surface area (Å²) in [6, 6.07) is 7.74. The fraction of sp³-hybridized carbons (Fsp3) is 0.333. The summed E-state index contributed by atoms with van der Waals surface area (Å²) in [5.74, 6) is 6.49. The number of hydrogen-bond acceptors (Lipinski definition) is 6. The monoisotopic (exact) mass is 247 g/mol. The molecule has 0 aliphatic heterocycles. The number of para-hydroxylation sites is 1. The Labute approximate surface area is 105 Å². The van der Waals surface area contributed by atoms with Crippen LogP contribution in [0.5, 0.6) is 0 Å². The lowest BCUT2D eigenvalue weighted by molar-refractivity contribution is 0.286. The van der Waals surface area contributed by atoms with Gasteiger partial charge < -0.3 is 10.4 Å². The van der Waals surface area contributed by atoms with E-state index in [1.807, 2.05) is 24.3 Å². The lowest BCUT2D eigenvalue weighted by Gasteiger charge is -2.10. The van der Waals surface area contributed by atoms with E-state index in [2.05, 4.69) is 20.7 Å². The van der Waals surface area contributed by atoms with E-state index in [0.717, 1.165) is 36.1 Å². The minimum Gasteiger partial charge on any atom is -0.396 e. The normalized spacial score (nSPS) is 10.6. The van der Waals surface area contributed by atoms with Gasteiger partial charge in [-0.25, -0.2) is 10.8 Å². The van der Waals surface area contributed by atoms with Crippen LogP contribution in [0.3, 0.4) is 0 Å². The van der Waals surface area contributed by atoms with Crippen LogP contribution in [0.4, 0.5) is 11.8 Å². The summed E-state index contributed by atoms with van der Waals surface area (Å²) < 4.78 is 0. The molecule has 1 aromatic carbocycles. The van der Waals surface area contributed by atoms with Crippen molar-refractivity contribution < 1.29 is 5.11 Å². The Morgan fingerprint density at radius 3 is 2.78 bits per heavy atom. The molecule has 2 rings (SSSR count). The molecule has 0 amide bonds. The predicted octanol–water partition coefficient (Wildman–Crippen LogP) is 1.10. The van der Waals surface area contributed by atoms with Gasteiger partial charge in [-0.15, -0.1) is 0 Å². The van der Waals surface area contributed by atoms with Gasteiger partial charge in [-0.3, -0.25) is 5.43 Å². The first kappa shape index (κ1) is 12.5. The van der Waals surface area contributed by atoms with Crippen molar-refractivity contribution in [3.63, 3.8) is 0 Å². The first-order valence-electron chi connectivity index (χ1n) is 5.93. The highest BCUT2D eigenvalue weighted by Crippen LogP contribution is 2.21. The summed E-state index contributed by atoms with van der Waals surface area (Å²) >= 11 is 0. The molecule has 0 unspecified atom stereocenters. The minimum atomic E-state index is 0.210. The van der Waals surface area contributed by atoms with Crippen LogP contribution in [0.25, 0.3) is 10.9 Å². The van der Waals surface area contributed by atoms with Gasteiger partial charge in [0.25, 0.3) is 0 Å². The summed E-state index contributed by atoms with van der Waals surface area (Å²) in [7, 11) is 0. The molecule has 0 radical (unpaired) electrons. The number of nitrogen functional groups attached to an aromatic ring is 1. The molecule has 6 nitrogen and oxygen atoms in total. The molecule has 6 heteroatoms. The minimum absolute atomic E-state index is 0.210. The van der Waals surface area contributed by atoms with Crippen molar-refractivity contribution >= 4 is 22.7 Å². The molecule has 5 N–H and O–H groups in total. The van der Waals surface area contributed by atoms with E-state index in [-0.39, 0.29) is 6.61 Å². The molecule has 0 fully saturated rings. The highest BCUT2D eigenvalue weighted by Gasteiger charge is 2.05. The topological polar surface area (TPSA) is 96.1 Å². The van der Waals surface area contributed by atoms with Gasteiger partial charge in [0.15, 0.2) is 0 Å². The molecule has 0 bridgehead atoms. The largest absolute Gasteiger partial charge is 0.396 e. The van der Waals surface area contributed by atoms with Gasteiger partial charge in [-0.05, 0) is 25.0 Å². The van der Waals surface area contributed by atoms with Crippen LogP contribution >= 0.6 is 0 Å². The van der Waals surface area contributed by atoms with Gasteiger partial charge in [0.05, 0.1) is 5.52 Å². The molecule has 1 heterocycles. The molecular formula is C12H17N5O. The second-order valence-electron chi connectivity index (χ2n) is 3.91. The van der Waals surface area contributed by atoms with Crippen LogP contribution < -0.4 is 16.6 Å². The van der Waals surface area contributed by atoms with E-state index < -0.39 is 0 Å². The second-order valence-corrected chi connectivity index (χ2v) is 3.91. The average Bonchev–Trinajstić information content (AvgIpc) is 2.43. The Morgan fingerprint density at radius 1 is 1.17 bits per heavy atom. The van der Waals surface area contributed by atoms with Gasteiger partial charge >= 0.3 is 0 Å². The van der Waals surface area contributed by atoms with Crippen LogP contribution in [0.1, 0.15) is 12.8 Å². The van der Waals surface area contributed by atoms with Crippen molar-refractivity contribution in [2.45, 2.75) is 12.8 Å². The number of rotatable bonds is 6. The lowest BCUT2D eigenvalue weighted by atomic mass is 10.2. The number of nitrogens with one attached hydrogen (secondary N) is 2. The van der Waals surface area contributed by atoms with Crippen molar-refractivity contribution in [3.8, 4) is 0 Å². The number of benzene rings is 1. The number of nitrogens with two attached hydrogens (primary N) is 1. The van der Waals surface area contributed by atoms with E-state index in [4.69, 9.17) is 10.9 Å². The van der Waals surface area contributed by atoms with Gasteiger partial charge in [0, 0.05) is 18.5 Å². The third kappa shape index (κ3) is 2.85. The van der Waals surface area contributed by atoms with Crippen LogP contribution in [0.15, 0.2) is 24.3 Å². The maximum Gasteiger partial charge on any atom is 0.239 e. The van der Waals surface area contributed by atoms with Crippen molar-refractivity contribution in [3.05, 3.63) is 24.3 Å². The lowest BCUT2D eigenvalue weighted by Crippen LogP contribution is -2.13. The molecule has 18 heavy (non-hydrogen) atoms. The molecule has 1 aromatic heterocycles. The molecular weight excluding hydrogens is 230 g/mol. The first-order chi connectivity index (χ1) is 8.85. The first-order valence-corrected chi connectivity index (χ1v) is 5.93. The number of hydrogen-bond donors (Lipinski definition) is 4. The number of aromatic nitrogens is 2. The molecule has 0 aliphatic rings. The van der Waals surface area contributed by atoms with Gasteiger partial charge in [0.1, 0.15) is 5.82 Å². The number of unbranched alkanes of at least 4 members (excludes halogenated alkanes) is 1. The fourth-order valence-corrected chi connectivity index (χ4v) is 1.72. The Kier molecular flexibility index (Phi) is 4.27. The molecule has 0 aliphatic carbocycles. The Morgan fingerprint density at radius 2 is 2.00 bits per heavy atom. The zero-order chi connectivity index (χ0) is 12.8. The van der Waals surface area contributed by atoms with Crippen LogP contribution in [0, 0.1) is 0 Å². The molecule has 0 saturated heterocycles. The van der Waals surface area contributed by atoms with Crippen molar-refractivity contribution in [2.75, 3.05) is 23.9 Å². The summed E-state index contributed by atoms with van der Waals surface area (Å²) in [6.07, 6.45) is 1.66. The predicted molar refractivity (Wildman–Crippen MR) is 72.2 cm³/mol. The zero-order valence-corrected chi connectivity index (χ0v) is 10.1. The van der Waals surface area contributed by atoms with Crippen LogP contribution in [-0.2, 0) is 0 Å². The average molecular weight is 247 g/mol. The third-order valence-corrected chi connectivity index (χ3v) is 2.61. The number of nitrogens with zero attached hydrogens (tertiary/aromatic N) is 2. The van der Waals surface area contributed by atoms with E-state index in [1.165, 1.54) is 0 Å². The summed E-state index contributed by atoms with van der Waals surface area (Å²) in [4.78, 5) is 8.57. The van der Waals surface area contributed by atoms with Crippen molar-refractivity contribution in [1.82, 2.24) is 9.97 Å². The highest BCUT2D eigenvalue weighted by molar-refractivity contribution is 5.89. The highest BCUT2D eigenvalue weighted by atomic mass is 16.2. The Hall–Kier alpha value is -1.92. The number of aliphatic hydroxyl groups is 1. The molecule has 0 spiro atoms. The van der Waals surface area contributed by atoms with E-state index in [1.54, 1.807) is 0 Å². The smallest absolute Gasteiger partial charge is 0.239 e. The quantitative estimate of drug-likeness (QED) is 0.347. The van der Waals surface area contributed by atoms with E-state index in [0.29, 0.717) is 5.95 Å². The third-order valence-electron chi connectivity index (χ3n) is 2.61. The fourth-order valence-electron chi connectivity index (χ4n) is 1.72. The van der Waals surface area contributed by atoms with Crippen LogP contribution in [0.2, 0.25) is 0 Å². The molecule has 0 saturated carbocycles. The number of fused-ring (bicyclic) bond motifs is 1. The molecule has 0 atom stereocenters. The number of anilines is 2.